The molecule has 5 nitrogen and oxygen atoms in total. The highest BCUT2D eigenvalue weighted by Gasteiger charge is 2.22. The van der Waals surface area contributed by atoms with E-state index in [4.69, 9.17) is 0 Å². The fourth-order valence-electron chi connectivity index (χ4n) is 3.69. The Hall–Kier alpha value is -2.27. The van der Waals surface area contributed by atoms with Crippen LogP contribution in [0, 0.1) is 12.8 Å². The van der Waals surface area contributed by atoms with Crippen molar-refractivity contribution in [2.45, 2.75) is 26.7 Å². The van der Waals surface area contributed by atoms with Crippen molar-refractivity contribution in [1.82, 2.24) is 10.3 Å². The number of H-pyrrole nitrogens is 1. The fourth-order valence-corrected chi connectivity index (χ4v) is 3.69. The summed E-state index contributed by atoms with van der Waals surface area (Å²) in [6.45, 7) is 6.83. The zero-order valence-corrected chi connectivity index (χ0v) is 15.2. The van der Waals surface area contributed by atoms with Crippen LogP contribution in [-0.2, 0) is 6.42 Å². The number of anilines is 1. The molecular weight excluding hydrogens is 314 g/mol. The van der Waals surface area contributed by atoms with E-state index in [1.165, 1.54) is 12.1 Å². The number of benzene rings is 1. The van der Waals surface area contributed by atoms with Gasteiger partial charge in [-0.3, -0.25) is 4.79 Å². The van der Waals surface area contributed by atoms with Crippen LogP contribution in [0.4, 0.5) is 5.69 Å². The maximum absolute atomic E-state index is 12.0. The molecule has 2 heterocycles. The SMILES string of the molecule is CCc1c(-c2ccc(N3CCC(CNC)C3)cc2)[nH]c(=O)c(C)c1O. The van der Waals surface area contributed by atoms with Crippen molar-refractivity contribution in [3.63, 3.8) is 0 Å². The molecule has 2 aromatic rings. The third-order valence-corrected chi connectivity index (χ3v) is 5.18. The van der Waals surface area contributed by atoms with E-state index in [0.29, 0.717) is 17.9 Å². The first-order valence-corrected chi connectivity index (χ1v) is 8.99. The average molecular weight is 341 g/mol. The van der Waals surface area contributed by atoms with Crippen molar-refractivity contribution in [3.8, 4) is 17.0 Å². The van der Waals surface area contributed by atoms with Crippen LogP contribution in [0.15, 0.2) is 29.1 Å². The van der Waals surface area contributed by atoms with Crippen LogP contribution in [0.2, 0.25) is 0 Å². The molecule has 1 aromatic carbocycles. The van der Waals surface area contributed by atoms with E-state index >= 15 is 0 Å². The summed E-state index contributed by atoms with van der Waals surface area (Å²) in [6.07, 6.45) is 1.88. The lowest BCUT2D eigenvalue weighted by molar-refractivity contribution is 0.463. The van der Waals surface area contributed by atoms with Gasteiger partial charge in [-0.1, -0.05) is 19.1 Å². The van der Waals surface area contributed by atoms with Gasteiger partial charge < -0.3 is 20.3 Å². The molecule has 5 heteroatoms. The first-order chi connectivity index (χ1) is 12.0. The van der Waals surface area contributed by atoms with Gasteiger partial charge in [-0.2, -0.15) is 0 Å². The number of hydrogen-bond donors (Lipinski definition) is 3. The van der Waals surface area contributed by atoms with E-state index in [9.17, 15) is 9.90 Å². The van der Waals surface area contributed by atoms with Gasteiger partial charge in [0.1, 0.15) is 5.75 Å². The predicted molar refractivity (Wildman–Crippen MR) is 103 cm³/mol. The molecule has 0 saturated carbocycles. The highest BCUT2D eigenvalue weighted by Crippen LogP contribution is 2.31. The number of aromatic amines is 1. The lowest BCUT2D eigenvalue weighted by atomic mass is 10.0. The summed E-state index contributed by atoms with van der Waals surface area (Å²) in [5.41, 5.74) is 3.79. The number of rotatable bonds is 5. The first kappa shape index (κ1) is 17.5. The van der Waals surface area contributed by atoms with Crippen molar-refractivity contribution >= 4 is 5.69 Å². The molecule has 1 saturated heterocycles. The van der Waals surface area contributed by atoms with Gasteiger partial charge in [0.15, 0.2) is 0 Å². The number of aromatic hydroxyl groups is 1. The highest BCUT2D eigenvalue weighted by molar-refractivity contribution is 5.69. The van der Waals surface area contributed by atoms with Gasteiger partial charge in [-0.05, 0) is 57.0 Å². The fraction of sp³-hybridized carbons (Fsp3) is 0.450. The standard InChI is InChI=1S/C20H27N3O2/c1-4-17-18(22-20(25)13(2)19(17)24)15-5-7-16(8-6-15)23-10-9-14(12-23)11-21-3/h5-8,14,21H,4,9-12H2,1-3H3,(H2,22,24,25). The molecule has 1 aromatic heterocycles. The molecule has 0 radical (unpaired) electrons. The van der Waals surface area contributed by atoms with Crippen LogP contribution in [0.25, 0.3) is 11.3 Å². The van der Waals surface area contributed by atoms with E-state index in [2.05, 4.69) is 27.3 Å². The quantitative estimate of drug-likeness (QED) is 0.782. The van der Waals surface area contributed by atoms with Crippen LogP contribution in [-0.4, -0.2) is 36.8 Å². The van der Waals surface area contributed by atoms with E-state index in [1.807, 2.05) is 26.1 Å². The normalized spacial score (nSPS) is 17.2. The Kier molecular flexibility index (Phi) is 5.13. The molecule has 3 N–H and O–H groups in total. The molecule has 25 heavy (non-hydrogen) atoms. The Bertz CT molecular complexity index is 796. The van der Waals surface area contributed by atoms with Crippen LogP contribution in [0.1, 0.15) is 24.5 Å². The Morgan fingerprint density at radius 3 is 2.68 bits per heavy atom. The Morgan fingerprint density at radius 2 is 2.04 bits per heavy atom. The maximum Gasteiger partial charge on any atom is 0.255 e. The second-order valence-corrected chi connectivity index (χ2v) is 6.84. The van der Waals surface area contributed by atoms with Gasteiger partial charge in [0, 0.05) is 24.3 Å². The predicted octanol–water partition coefficient (Wildman–Crippen LogP) is 2.66. The molecular formula is C20H27N3O2. The number of nitrogens with zero attached hydrogens (tertiary/aromatic N) is 1. The lowest BCUT2D eigenvalue weighted by Gasteiger charge is -2.19. The van der Waals surface area contributed by atoms with Crippen LogP contribution >= 0.6 is 0 Å². The van der Waals surface area contributed by atoms with Crippen molar-refractivity contribution in [3.05, 3.63) is 45.7 Å². The average Bonchev–Trinajstić information content (AvgIpc) is 3.08. The van der Waals surface area contributed by atoms with Gasteiger partial charge in [0.2, 0.25) is 0 Å². The summed E-state index contributed by atoms with van der Waals surface area (Å²) < 4.78 is 0. The minimum atomic E-state index is -0.233. The molecule has 0 bridgehead atoms. The zero-order valence-electron chi connectivity index (χ0n) is 15.2. The van der Waals surface area contributed by atoms with Crippen LogP contribution in [0.5, 0.6) is 5.75 Å². The molecule has 0 spiro atoms. The van der Waals surface area contributed by atoms with E-state index in [0.717, 1.165) is 36.5 Å². The van der Waals surface area contributed by atoms with Gasteiger partial charge >= 0.3 is 0 Å². The van der Waals surface area contributed by atoms with E-state index in [1.54, 1.807) is 6.92 Å². The summed E-state index contributed by atoms with van der Waals surface area (Å²) in [5, 5.41) is 13.5. The minimum absolute atomic E-state index is 0.111. The van der Waals surface area contributed by atoms with Crippen molar-refractivity contribution in [1.29, 1.82) is 0 Å². The summed E-state index contributed by atoms with van der Waals surface area (Å²) >= 11 is 0. The Labute approximate surface area is 148 Å². The van der Waals surface area contributed by atoms with Gasteiger partial charge in [0.25, 0.3) is 5.56 Å². The molecule has 1 aliphatic rings. The van der Waals surface area contributed by atoms with Gasteiger partial charge in [-0.15, -0.1) is 0 Å². The molecule has 0 aliphatic carbocycles. The van der Waals surface area contributed by atoms with Gasteiger partial charge in [0.05, 0.1) is 11.3 Å². The number of nitrogens with one attached hydrogen (secondary N) is 2. The Balaban J connectivity index is 1.88. The summed E-state index contributed by atoms with van der Waals surface area (Å²) in [4.78, 5) is 17.4. The highest BCUT2D eigenvalue weighted by atomic mass is 16.3. The molecule has 3 rings (SSSR count). The van der Waals surface area contributed by atoms with Crippen molar-refractivity contribution < 1.29 is 5.11 Å². The maximum atomic E-state index is 12.0. The van der Waals surface area contributed by atoms with E-state index < -0.39 is 0 Å². The summed E-state index contributed by atoms with van der Waals surface area (Å²) in [7, 11) is 2.00. The molecule has 0 amide bonds. The van der Waals surface area contributed by atoms with Gasteiger partial charge in [-0.25, -0.2) is 0 Å². The lowest BCUT2D eigenvalue weighted by Crippen LogP contribution is -2.24. The number of hydrogen-bond acceptors (Lipinski definition) is 4. The molecule has 134 valence electrons. The molecule has 1 aliphatic heterocycles. The second kappa shape index (κ2) is 7.31. The summed E-state index contributed by atoms with van der Waals surface area (Å²) in [6, 6.07) is 8.26. The number of pyridine rings is 1. The topological polar surface area (TPSA) is 68.4 Å². The third kappa shape index (κ3) is 3.42. The number of aromatic nitrogens is 1. The molecule has 1 unspecified atom stereocenters. The Morgan fingerprint density at radius 1 is 1.32 bits per heavy atom. The first-order valence-electron chi connectivity index (χ1n) is 8.99. The zero-order chi connectivity index (χ0) is 18.0. The van der Waals surface area contributed by atoms with Crippen molar-refractivity contribution in [2.75, 3.05) is 31.6 Å². The monoisotopic (exact) mass is 341 g/mol. The van der Waals surface area contributed by atoms with Crippen LogP contribution in [0.3, 0.4) is 0 Å². The largest absolute Gasteiger partial charge is 0.507 e. The van der Waals surface area contributed by atoms with E-state index in [-0.39, 0.29) is 11.3 Å². The summed E-state index contributed by atoms with van der Waals surface area (Å²) in [5.74, 6) is 0.807. The second-order valence-electron chi connectivity index (χ2n) is 6.84. The van der Waals surface area contributed by atoms with Crippen molar-refractivity contribution in [2.24, 2.45) is 5.92 Å². The molecule has 1 fully saturated rings. The molecule has 1 atom stereocenters. The minimum Gasteiger partial charge on any atom is -0.507 e. The smallest absolute Gasteiger partial charge is 0.255 e. The van der Waals surface area contributed by atoms with Crippen LogP contribution < -0.4 is 15.8 Å². The third-order valence-electron chi connectivity index (χ3n) is 5.18.